The lowest BCUT2D eigenvalue weighted by Gasteiger charge is -2.01. The van der Waals surface area contributed by atoms with Crippen molar-refractivity contribution in [3.05, 3.63) is 34.6 Å². The maximum atomic E-state index is 13.5. The molecular formula is C14H18FN3OS. The van der Waals surface area contributed by atoms with E-state index in [1.165, 1.54) is 17.4 Å². The number of aryl methyl sites for hydroxylation is 1. The summed E-state index contributed by atoms with van der Waals surface area (Å²) in [4.78, 5) is 0. The average Bonchev–Trinajstić information content (AvgIpc) is 2.90. The van der Waals surface area contributed by atoms with Gasteiger partial charge in [0, 0.05) is 32.2 Å². The highest BCUT2D eigenvalue weighted by Gasteiger charge is 2.08. The van der Waals surface area contributed by atoms with Crippen molar-refractivity contribution in [3.8, 4) is 10.6 Å². The van der Waals surface area contributed by atoms with E-state index in [2.05, 4.69) is 15.5 Å². The molecule has 0 amide bonds. The van der Waals surface area contributed by atoms with E-state index >= 15 is 0 Å². The van der Waals surface area contributed by atoms with Gasteiger partial charge < -0.3 is 10.1 Å². The zero-order valence-corrected chi connectivity index (χ0v) is 12.5. The number of aromatic nitrogens is 2. The molecule has 1 aromatic heterocycles. The number of ether oxygens (including phenoxy) is 1. The average molecular weight is 295 g/mol. The van der Waals surface area contributed by atoms with Gasteiger partial charge in [-0.3, -0.25) is 0 Å². The molecule has 0 aliphatic carbocycles. The molecule has 0 spiro atoms. The number of hydrogen-bond acceptors (Lipinski definition) is 5. The molecule has 0 fully saturated rings. The molecule has 6 heteroatoms. The second-order valence-corrected chi connectivity index (χ2v) is 5.52. The van der Waals surface area contributed by atoms with Gasteiger partial charge in [-0.25, -0.2) is 4.39 Å². The highest BCUT2D eigenvalue weighted by atomic mass is 32.1. The number of benzene rings is 1. The van der Waals surface area contributed by atoms with Gasteiger partial charge in [0.25, 0.3) is 0 Å². The second kappa shape index (κ2) is 7.42. The molecule has 4 nitrogen and oxygen atoms in total. The molecule has 2 aromatic rings. The van der Waals surface area contributed by atoms with Crippen molar-refractivity contribution in [1.82, 2.24) is 15.5 Å². The molecule has 0 atom stereocenters. The molecule has 108 valence electrons. The zero-order valence-electron chi connectivity index (χ0n) is 11.6. The summed E-state index contributed by atoms with van der Waals surface area (Å²) < 4.78 is 18.5. The van der Waals surface area contributed by atoms with Gasteiger partial charge in [0.1, 0.15) is 15.8 Å². The smallest absolute Gasteiger partial charge is 0.147 e. The Bertz CT molecular complexity index is 559. The van der Waals surface area contributed by atoms with E-state index in [9.17, 15) is 4.39 Å². The van der Waals surface area contributed by atoms with Crippen molar-refractivity contribution in [2.24, 2.45) is 0 Å². The summed E-state index contributed by atoms with van der Waals surface area (Å²) in [5.41, 5.74) is 1.42. The SMILES string of the molecule is COCCNCCc1nnc(-c2ccc(C)c(F)c2)s1. The van der Waals surface area contributed by atoms with Crippen LogP contribution in [0.25, 0.3) is 10.6 Å². The fourth-order valence-corrected chi connectivity index (χ4v) is 2.53. The molecule has 0 aliphatic rings. The van der Waals surface area contributed by atoms with Gasteiger partial charge in [0.2, 0.25) is 0 Å². The topological polar surface area (TPSA) is 47.0 Å². The van der Waals surface area contributed by atoms with Gasteiger partial charge in [-0.05, 0) is 18.6 Å². The second-order valence-electron chi connectivity index (χ2n) is 4.46. The third kappa shape index (κ3) is 4.06. The van der Waals surface area contributed by atoms with Crippen LogP contribution in [0.2, 0.25) is 0 Å². The standard InChI is InChI=1S/C14H18FN3OS/c1-10-3-4-11(9-12(10)15)14-18-17-13(20-14)5-6-16-7-8-19-2/h3-4,9,16H,5-8H2,1-2H3. The van der Waals surface area contributed by atoms with Crippen molar-refractivity contribution in [2.45, 2.75) is 13.3 Å². The Labute approximate surface area is 122 Å². The summed E-state index contributed by atoms with van der Waals surface area (Å²) in [5.74, 6) is -0.208. The maximum absolute atomic E-state index is 13.5. The molecule has 20 heavy (non-hydrogen) atoms. The summed E-state index contributed by atoms with van der Waals surface area (Å²) in [6, 6.07) is 5.15. The molecular weight excluding hydrogens is 277 g/mol. The van der Waals surface area contributed by atoms with Crippen molar-refractivity contribution >= 4 is 11.3 Å². The quantitative estimate of drug-likeness (QED) is 0.797. The first-order chi connectivity index (χ1) is 9.70. The van der Waals surface area contributed by atoms with E-state index < -0.39 is 0 Å². The molecule has 1 N–H and O–H groups in total. The van der Waals surface area contributed by atoms with Gasteiger partial charge >= 0.3 is 0 Å². The Hall–Kier alpha value is -1.37. The Morgan fingerprint density at radius 2 is 2.15 bits per heavy atom. The zero-order chi connectivity index (χ0) is 14.4. The van der Waals surface area contributed by atoms with E-state index in [0.29, 0.717) is 12.2 Å². The molecule has 0 radical (unpaired) electrons. The van der Waals surface area contributed by atoms with Gasteiger partial charge in [-0.15, -0.1) is 10.2 Å². The van der Waals surface area contributed by atoms with Crippen molar-refractivity contribution in [3.63, 3.8) is 0 Å². The number of halogens is 1. The highest BCUT2D eigenvalue weighted by molar-refractivity contribution is 7.14. The van der Waals surface area contributed by atoms with Crippen molar-refractivity contribution in [2.75, 3.05) is 26.8 Å². The van der Waals surface area contributed by atoms with Crippen LogP contribution >= 0.6 is 11.3 Å². The Kier molecular flexibility index (Phi) is 5.58. The normalized spacial score (nSPS) is 10.9. The minimum Gasteiger partial charge on any atom is -0.383 e. The molecule has 1 heterocycles. The molecule has 0 saturated heterocycles. The van der Waals surface area contributed by atoms with Crippen LogP contribution in [0.4, 0.5) is 4.39 Å². The third-order valence-corrected chi connectivity index (χ3v) is 3.92. The highest BCUT2D eigenvalue weighted by Crippen LogP contribution is 2.25. The Morgan fingerprint density at radius 1 is 1.30 bits per heavy atom. The number of hydrogen-bond donors (Lipinski definition) is 1. The molecule has 1 aromatic carbocycles. The lowest BCUT2D eigenvalue weighted by Crippen LogP contribution is -2.21. The molecule has 0 unspecified atom stereocenters. The van der Waals surface area contributed by atoms with E-state index in [-0.39, 0.29) is 5.82 Å². The largest absolute Gasteiger partial charge is 0.383 e. The predicted octanol–water partition coefficient (Wildman–Crippen LogP) is 2.43. The summed E-state index contributed by atoms with van der Waals surface area (Å²) in [6.07, 6.45) is 0.815. The summed E-state index contributed by atoms with van der Waals surface area (Å²) in [7, 11) is 1.68. The van der Waals surface area contributed by atoms with Crippen LogP contribution in [0.3, 0.4) is 0 Å². The molecule has 2 rings (SSSR count). The number of nitrogens with one attached hydrogen (secondary N) is 1. The van der Waals surface area contributed by atoms with Gasteiger partial charge in [-0.1, -0.05) is 23.5 Å². The molecule has 0 aliphatic heterocycles. The van der Waals surface area contributed by atoms with Crippen LogP contribution in [-0.2, 0) is 11.2 Å². The minimum absolute atomic E-state index is 0.208. The first-order valence-electron chi connectivity index (χ1n) is 6.49. The van der Waals surface area contributed by atoms with Crippen LogP contribution in [0.5, 0.6) is 0 Å². The van der Waals surface area contributed by atoms with E-state index in [1.54, 1.807) is 20.1 Å². The van der Waals surface area contributed by atoms with Gasteiger partial charge in [-0.2, -0.15) is 0 Å². The van der Waals surface area contributed by atoms with Gasteiger partial charge in [0.15, 0.2) is 0 Å². The van der Waals surface area contributed by atoms with Crippen LogP contribution in [-0.4, -0.2) is 37.0 Å². The fraction of sp³-hybridized carbons (Fsp3) is 0.429. The summed E-state index contributed by atoms with van der Waals surface area (Å²) in [5, 5.41) is 13.2. The first-order valence-corrected chi connectivity index (χ1v) is 7.31. The summed E-state index contributed by atoms with van der Waals surface area (Å²) in [6.45, 7) is 4.10. The first kappa shape index (κ1) is 15.0. The monoisotopic (exact) mass is 295 g/mol. The predicted molar refractivity (Wildman–Crippen MR) is 78.5 cm³/mol. The van der Waals surface area contributed by atoms with E-state index in [0.717, 1.165) is 35.1 Å². The van der Waals surface area contributed by atoms with Crippen molar-refractivity contribution < 1.29 is 9.13 Å². The van der Waals surface area contributed by atoms with Crippen molar-refractivity contribution in [1.29, 1.82) is 0 Å². The molecule has 0 bridgehead atoms. The summed E-state index contributed by atoms with van der Waals surface area (Å²) >= 11 is 1.50. The number of rotatable bonds is 7. The van der Waals surface area contributed by atoms with Crippen LogP contribution in [0.15, 0.2) is 18.2 Å². The minimum atomic E-state index is -0.208. The lowest BCUT2D eigenvalue weighted by atomic mass is 10.1. The van der Waals surface area contributed by atoms with Gasteiger partial charge in [0.05, 0.1) is 6.61 Å². The van der Waals surface area contributed by atoms with Crippen LogP contribution < -0.4 is 5.32 Å². The number of nitrogens with zero attached hydrogens (tertiary/aromatic N) is 2. The Morgan fingerprint density at radius 3 is 2.90 bits per heavy atom. The lowest BCUT2D eigenvalue weighted by molar-refractivity contribution is 0.199. The fourth-order valence-electron chi connectivity index (χ4n) is 1.69. The third-order valence-electron chi connectivity index (χ3n) is 2.88. The number of methoxy groups -OCH3 is 1. The maximum Gasteiger partial charge on any atom is 0.147 e. The Balaban J connectivity index is 1.93. The van der Waals surface area contributed by atoms with Crippen LogP contribution in [0, 0.1) is 12.7 Å². The van der Waals surface area contributed by atoms with E-state index in [1.807, 2.05) is 6.07 Å². The van der Waals surface area contributed by atoms with Crippen LogP contribution in [0.1, 0.15) is 10.6 Å². The molecule has 0 saturated carbocycles. The van der Waals surface area contributed by atoms with E-state index in [4.69, 9.17) is 4.74 Å².